The van der Waals surface area contributed by atoms with Crippen LogP contribution >= 0.6 is 11.6 Å². The van der Waals surface area contributed by atoms with Crippen LogP contribution in [0.3, 0.4) is 0 Å². The molecule has 1 aliphatic carbocycles. The first-order chi connectivity index (χ1) is 10.8. The number of alkyl halides is 3. The Morgan fingerprint density at radius 1 is 1.09 bits per heavy atom. The molecule has 1 aromatic rings. The van der Waals surface area contributed by atoms with Crippen molar-refractivity contribution in [1.29, 1.82) is 0 Å². The minimum Gasteiger partial charge on any atom is -0.345 e. The molecule has 0 spiro atoms. The van der Waals surface area contributed by atoms with Gasteiger partial charge in [-0.2, -0.15) is 13.2 Å². The summed E-state index contributed by atoms with van der Waals surface area (Å²) in [7, 11) is 0. The third-order valence-electron chi connectivity index (χ3n) is 3.68. The number of rotatable bonds is 2. The van der Waals surface area contributed by atoms with Crippen molar-refractivity contribution >= 4 is 29.1 Å². The molecule has 2 rings (SSSR count). The van der Waals surface area contributed by atoms with Gasteiger partial charge < -0.3 is 10.6 Å². The molecule has 1 aromatic carbocycles. The standard InChI is InChI=1S/C15H16ClF3N2O2/c16-12-7-6-10(8-11(12)15(17,18)19)21-14(23)13(22)20-9-4-2-1-3-5-9/h6-9H,1-5H2,(H,20,22)(H,21,23). The van der Waals surface area contributed by atoms with Crippen LogP contribution in [0.15, 0.2) is 18.2 Å². The second-order valence-corrected chi connectivity index (χ2v) is 5.86. The molecule has 0 radical (unpaired) electrons. The molecule has 1 aliphatic rings. The molecular weight excluding hydrogens is 333 g/mol. The third kappa shape index (κ3) is 4.86. The highest BCUT2D eigenvalue weighted by atomic mass is 35.5. The SMILES string of the molecule is O=C(Nc1ccc(Cl)c(C(F)(F)F)c1)C(=O)NC1CCCCC1. The van der Waals surface area contributed by atoms with Gasteiger partial charge in [0.15, 0.2) is 0 Å². The summed E-state index contributed by atoms with van der Waals surface area (Å²) >= 11 is 5.50. The van der Waals surface area contributed by atoms with Gasteiger partial charge in [0.2, 0.25) is 0 Å². The number of carbonyl (C=O) groups excluding carboxylic acids is 2. The summed E-state index contributed by atoms with van der Waals surface area (Å²) in [5.41, 5.74) is -1.20. The molecule has 0 bridgehead atoms. The zero-order chi connectivity index (χ0) is 17.0. The van der Waals surface area contributed by atoms with E-state index in [4.69, 9.17) is 11.6 Å². The lowest BCUT2D eigenvalue weighted by molar-refractivity contribution is -0.137. The van der Waals surface area contributed by atoms with Gasteiger partial charge in [0, 0.05) is 11.7 Å². The van der Waals surface area contributed by atoms with E-state index in [0.29, 0.717) is 6.07 Å². The van der Waals surface area contributed by atoms with Gasteiger partial charge in [-0.25, -0.2) is 0 Å². The number of amides is 2. The van der Waals surface area contributed by atoms with Crippen LogP contribution in [0.5, 0.6) is 0 Å². The maximum absolute atomic E-state index is 12.8. The molecule has 2 N–H and O–H groups in total. The summed E-state index contributed by atoms with van der Waals surface area (Å²) in [6.45, 7) is 0. The minimum absolute atomic E-state index is 0.0575. The number of anilines is 1. The predicted octanol–water partition coefficient (Wildman–Crippen LogP) is 3.75. The Morgan fingerprint density at radius 3 is 2.35 bits per heavy atom. The van der Waals surface area contributed by atoms with Gasteiger partial charge in [0.1, 0.15) is 0 Å². The first-order valence-corrected chi connectivity index (χ1v) is 7.64. The Kier molecular flexibility index (Phi) is 5.51. The van der Waals surface area contributed by atoms with E-state index in [9.17, 15) is 22.8 Å². The van der Waals surface area contributed by atoms with Crippen LogP contribution in [0, 0.1) is 0 Å². The van der Waals surface area contributed by atoms with Crippen molar-refractivity contribution in [2.24, 2.45) is 0 Å². The van der Waals surface area contributed by atoms with Crippen LogP contribution in [-0.4, -0.2) is 17.9 Å². The highest BCUT2D eigenvalue weighted by Gasteiger charge is 2.33. The molecule has 0 atom stereocenters. The van der Waals surface area contributed by atoms with Gasteiger partial charge in [-0.3, -0.25) is 9.59 Å². The summed E-state index contributed by atoms with van der Waals surface area (Å²) < 4.78 is 38.3. The maximum atomic E-state index is 12.8. The fourth-order valence-corrected chi connectivity index (χ4v) is 2.73. The molecular formula is C15H16ClF3N2O2. The monoisotopic (exact) mass is 348 g/mol. The Morgan fingerprint density at radius 2 is 1.74 bits per heavy atom. The number of nitrogens with one attached hydrogen (secondary N) is 2. The van der Waals surface area contributed by atoms with Crippen molar-refractivity contribution in [3.8, 4) is 0 Å². The van der Waals surface area contributed by atoms with Crippen LogP contribution in [0.1, 0.15) is 37.7 Å². The van der Waals surface area contributed by atoms with Crippen molar-refractivity contribution in [3.63, 3.8) is 0 Å². The van der Waals surface area contributed by atoms with Crippen LogP contribution in [-0.2, 0) is 15.8 Å². The Balaban J connectivity index is 2.00. The Labute approximate surface area is 136 Å². The highest BCUT2D eigenvalue weighted by Crippen LogP contribution is 2.36. The van der Waals surface area contributed by atoms with E-state index in [2.05, 4.69) is 10.6 Å². The second kappa shape index (κ2) is 7.21. The van der Waals surface area contributed by atoms with E-state index in [1.54, 1.807) is 0 Å². The van der Waals surface area contributed by atoms with Crippen LogP contribution in [0.2, 0.25) is 5.02 Å². The molecule has 1 fully saturated rings. The predicted molar refractivity (Wildman–Crippen MR) is 80.1 cm³/mol. The number of hydrogen-bond donors (Lipinski definition) is 2. The molecule has 126 valence electrons. The fourth-order valence-electron chi connectivity index (χ4n) is 2.51. The first-order valence-electron chi connectivity index (χ1n) is 7.26. The molecule has 0 aliphatic heterocycles. The second-order valence-electron chi connectivity index (χ2n) is 5.45. The zero-order valence-electron chi connectivity index (χ0n) is 12.2. The Hall–Kier alpha value is -1.76. The topological polar surface area (TPSA) is 58.2 Å². The summed E-state index contributed by atoms with van der Waals surface area (Å²) in [6.07, 6.45) is 0.0412. The smallest absolute Gasteiger partial charge is 0.345 e. The Bertz CT molecular complexity index is 599. The molecule has 0 saturated heterocycles. The van der Waals surface area contributed by atoms with Gasteiger partial charge in [0.25, 0.3) is 0 Å². The summed E-state index contributed by atoms with van der Waals surface area (Å²) in [4.78, 5) is 23.6. The van der Waals surface area contributed by atoms with Crippen molar-refractivity contribution in [1.82, 2.24) is 5.32 Å². The van der Waals surface area contributed by atoms with Gasteiger partial charge >= 0.3 is 18.0 Å². The van der Waals surface area contributed by atoms with Crippen LogP contribution in [0.25, 0.3) is 0 Å². The average Bonchev–Trinajstić information content (AvgIpc) is 2.49. The highest BCUT2D eigenvalue weighted by molar-refractivity contribution is 6.39. The summed E-state index contributed by atoms with van der Waals surface area (Å²) in [5.74, 6) is -1.84. The molecule has 0 heterocycles. The van der Waals surface area contributed by atoms with E-state index < -0.39 is 28.6 Å². The molecule has 0 unspecified atom stereocenters. The van der Waals surface area contributed by atoms with Crippen LogP contribution < -0.4 is 10.6 Å². The minimum atomic E-state index is -4.64. The number of halogens is 4. The number of benzene rings is 1. The lowest BCUT2D eigenvalue weighted by atomic mass is 9.95. The van der Waals surface area contributed by atoms with Gasteiger partial charge in [0.05, 0.1) is 10.6 Å². The molecule has 8 heteroatoms. The van der Waals surface area contributed by atoms with E-state index in [-0.39, 0.29) is 11.7 Å². The lowest BCUT2D eigenvalue weighted by Gasteiger charge is -2.22. The fraction of sp³-hybridized carbons (Fsp3) is 0.467. The molecule has 1 saturated carbocycles. The molecule has 4 nitrogen and oxygen atoms in total. The molecule has 0 aromatic heterocycles. The van der Waals surface area contributed by atoms with Gasteiger partial charge in [-0.1, -0.05) is 30.9 Å². The quantitative estimate of drug-likeness (QED) is 0.800. The van der Waals surface area contributed by atoms with Crippen molar-refractivity contribution < 1.29 is 22.8 Å². The number of carbonyl (C=O) groups is 2. The maximum Gasteiger partial charge on any atom is 0.417 e. The molecule has 23 heavy (non-hydrogen) atoms. The van der Waals surface area contributed by atoms with Gasteiger partial charge in [-0.05, 0) is 31.0 Å². The first kappa shape index (κ1) is 17.6. The zero-order valence-corrected chi connectivity index (χ0v) is 12.9. The van der Waals surface area contributed by atoms with Gasteiger partial charge in [-0.15, -0.1) is 0 Å². The third-order valence-corrected chi connectivity index (χ3v) is 4.01. The lowest BCUT2D eigenvalue weighted by Crippen LogP contribution is -2.42. The van der Waals surface area contributed by atoms with Crippen molar-refractivity contribution in [3.05, 3.63) is 28.8 Å². The summed E-state index contributed by atoms with van der Waals surface area (Å²) in [5, 5.41) is 4.29. The molecule has 2 amide bonds. The van der Waals surface area contributed by atoms with E-state index >= 15 is 0 Å². The van der Waals surface area contributed by atoms with Crippen molar-refractivity contribution in [2.45, 2.75) is 44.3 Å². The van der Waals surface area contributed by atoms with E-state index in [1.807, 2.05) is 0 Å². The van der Waals surface area contributed by atoms with E-state index in [1.165, 1.54) is 6.07 Å². The summed E-state index contributed by atoms with van der Waals surface area (Å²) in [6, 6.07) is 2.88. The van der Waals surface area contributed by atoms with Crippen LogP contribution in [0.4, 0.5) is 18.9 Å². The average molecular weight is 349 g/mol. The largest absolute Gasteiger partial charge is 0.417 e. The number of hydrogen-bond acceptors (Lipinski definition) is 2. The van der Waals surface area contributed by atoms with E-state index in [0.717, 1.165) is 38.2 Å². The van der Waals surface area contributed by atoms with Crippen molar-refractivity contribution in [2.75, 3.05) is 5.32 Å². The normalized spacial score (nSPS) is 16.0.